The topological polar surface area (TPSA) is 90.7 Å². The minimum Gasteiger partial charge on any atom is -0.332 e. The standard InChI is InChI=1S/C10H10ClN5O/c11-6-4-13-5-14-7(6)8-15-9(16-17-8)10(12)2-1-3-10/h4-5H,1-3,12H2. The van der Waals surface area contributed by atoms with Crippen molar-refractivity contribution >= 4 is 11.6 Å². The maximum atomic E-state index is 6.10. The van der Waals surface area contributed by atoms with E-state index in [2.05, 4.69) is 20.1 Å². The van der Waals surface area contributed by atoms with Crippen molar-refractivity contribution < 1.29 is 4.52 Å². The maximum absolute atomic E-state index is 6.10. The van der Waals surface area contributed by atoms with E-state index < -0.39 is 5.54 Å². The molecule has 1 saturated carbocycles. The van der Waals surface area contributed by atoms with Crippen molar-refractivity contribution in [3.05, 3.63) is 23.4 Å². The number of rotatable bonds is 2. The van der Waals surface area contributed by atoms with E-state index in [-0.39, 0.29) is 5.89 Å². The molecule has 1 fully saturated rings. The third-order valence-electron chi connectivity index (χ3n) is 2.99. The van der Waals surface area contributed by atoms with Crippen LogP contribution < -0.4 is 5.73 Å². The smallest absolute Gasteiger partial charge is 0.278 e. The average Bonchev–Trinajstić information content (AvgIpc) is 2.76. The summed E-state index contributed by atoms with van der Waals surface area (Å²) in [5.74, 6) is 0.803. The van der Waals surface area contributed by atoms with E-state index in [1.165, 1.54) is 12.5 Å². The molecular formula is C10H10ClN5O. The molecule has 1 aliphatic rings. The van der Waals surface area contributed by atoms with Gasteiger partial charge in [-0.15, -0.1) is 0 Å². The molecule has 0 unspecified atom stereocenters. The second kappa shape index (κ2) is 3.75. The van der Waals surface area contributed by atoms with Gasteiger partial charge in [0.05, 0.1) is 10.6 Å². The van der Waals surface area contributed by atoms with Crippen LogP contribution in [0.25, 0.3) is 11.6 Å². The molecule has 1 aliphatic carbocycles. The molecule has 0 radical (unpaired) electrons. The first-order valence-electron chi connectivity index (χ1n) is 5.28. The largest absolute Gasteiger partial charge is 0.332 e. The van der Waals surface area contributed by atoms with Crippen LogP contribution in [0.3, 0.4) is 0 Å². The third kappa shape index (κ3) is 1.69. The Morgan fingerprint density at radius 3 is 2.88 bits per heavy atom. The second-order valence-electron chi connectivity index (χ2n) is 4.15. The highest BCUT2D eigenvalue weighted by molar-refractivity contribution is 6.32. The molecule has 0 aromatic carbocycles. The quantitative estimate of drug-likeness (QED) is 0.870. The average molecular weight is 252 g/mol. The fraction of sp³-hybridized carbons (Fsp3) is 0.400. The zero-order valence-electron chi connectivity index (χ0n) is 8.93. The molecule has 2 N–H and O–H groups in total. The van der Waals surface area contributed by atoms with E-state index in [1.54, 1.807) is 0 Å². The van der Waals surface area contributed by atoms with Gasteiger partial charge in [0, 0.05) is 6.20 Å². The summed E-state index contributed by atoms with van der Waals surface area (Å²) >= 11 is 5.95. The molecule has 0 spiro atoms. The Kier molecular flexibility index (Phi) is 2.34. The van der Waals surface area contributed by atoms with Crippen LogP contribution in [0.4, 0.5) is 0 Å². The Hall–Kier alpha value is -1.53. The molecule has 7 heteroatoms. The summed E-state index contributed by atoms with van der Waals surface area (Å²) in [5, 5.41) is 4.27. The zero-order chi connectivity index (χ0) is 11.9. The number of nitrogens with two attached hydrogens (primary N) is 1. The number of hydrogen-bond donors (Lipinski definition) is 1. The molecule has 2 aromatic rings. The summed E-state index contributed by atoms with van der Waals surface area (Å²) in [6, 6.07) is 0. The molecule has 0 bridgehead atoms. The molecule has 17 heavy (non-hydrogen) atoms. The van der Waals surface area contributed by atoms with Crippen LogP contribution in [-0.4, -0.2) is 20.1 Å². The third-order valence-corrected chi connectivity index (χ3v) is 3.26. The Bertz CT molecular complexity index is 551. The minimum absolute atomic E-state index is 0.282. The van der Waals surface area contributed by atoms with Gasteiger partial charge in [0.2, 0.25) is 0 Å². The first-order valence-corrected chi connectivity index (χ1v) is 5.66. The van der Waals surface area contributed by atoms with Crippen LogP contribution in [0.1, 0.15) is 25.1 Å². The number of nitrogens with zero attached hydrogens (tertiary/aromatic N) is 4. The van der Waals surface area contributed by atoms with Crippen LogP contribution >= 0.6 is 11.6 Å². The molecule has 3 rings (SSSR count). The summed E-state index contributed by atoms with van der Waals surface area (Å²) in [4.78, 5) is 12.1. The fourth-order valence-corrected chi connectivity index (χ4v) is 1.96. The number of halogens is 1. The van der Waals surface area contributed by atoms with Crippen molar-refractivity contribution in [2.45, 2.75) is 24.8 Å². The highest BCUT2D eigenvalue weighted by atomic mass is 35.5. The van der Waals surface area contributed by atoms with E-state index in [9.17, 15) is 0 Å². The first-order chi connectivity index (χ1) is 8.19. The van der Waals surface area contributed by atoms with E-state index in [1.807, 2.05) is 0 Å². The highest BCUT2D eigenvalue weighted by Crippen LogP contribution is 2.37. The van der Waals surface area contributed by atoms with Gasteiger partial charge in [-0.3, -0.25) is 0 Å². The maximum Gasteiger partial charge on any atom is 0.278 e. The fourth-order valence-electron chi connectivity index (χ4n) is 1.77. The number of aromatic nitrogens is 4. The lowest BCUT2D eigenvalue weighted by Gasteiger charge is -2.34. The van der Waals surface area contributed by atoms with Gasteiger partial charge in [0.1, 0.15) is 6.33 Å². The molecule has 2 aromatic heterocycles. The van der Waals surface area contributed by atoms with Gasteiger partial charge in [-0.05, 0) is 19.3 Å². The van der Waals surface area contributed by atoms with Gasteiger partial charge >= 0.3 is 0 Å². The normalized spacial score (nSPS) is 17.8. The van der Waals surface area contributed by atoms with E-state index >= 15 is 0 Å². The lowest BCUT2D eigenvalue weighted by Crippen LogP contribution is -2.44. The Morgan fingerprint density at radius 1 is 1.41 bits per heavy atom. The Morgan fingerprint density at radius 2 is 2.24 bits per heavy atom. The Labute approximate surface area is 102 Å². The van der Waals surface area contributed by atoms with Crippen molar-refractivity contribution in [1.29, 1.82) is 0 Å². The molecule has 0 atom stereocenters. The lowest BCUT2D eigenvalue weighted by molar-refractivity contribution is 0.229. The zero-order valence-corrected chi connectivity index (χ0v) is 9.68. The van der Waals surface area contributed by atoms with Crippen LogP contribution in [0.15, 0.2) is 17.0 Å². The molecule has 88 valence electrons. The second-order valence-corrected chi connectivity index (χ2v) is 4.56. The molecule has 0 saturated heterocycles. The summed E-state index contributed by atoms with van der Waals surface area (Å²) in [6.07, 6.45) is 5.71. The number of hydrogen-bond acceptors (Lipinski definition) is 6. The van der Waals surface area contributed by atoms with E-state index in [0.717, 1.165) is 19.3 Å². The summed E-state index contributed by atoms with van der Waals surface area (Å²) in [6.45, 7) is 0. The van der Waals surface area contributed by atoms with Crippen molar-refractivity contribution in [3.8, 4) is 11.6 Å². The van der Waals surface area contributed by atoms with Crippen molar-refractivity contribution in [2.75, 3.05) is 0 Å². The summed E-state index contributed by atoms with van der Waals surface area (Å²) < 4.78 is 5.14. The van der Waals surface area contributed by atoms with Crippen molar-refractivity contribution in [1.82, 2.24) is 20.1 Å². The predicted octanol–water partition coefficient (Wildman–Crippen LogP) is 1.52. The monoisotopic (exact) mass is 251 g/mol. The van der Waals surface area contributed by atoms with E-state index in [0.29, 0.717) is 16.5 Å². The van der Waals surface area contributed by atoms with Crippen LogP contribution in [0, 0.1) is 0 Å². The van der Waals surface area contributed by atoms with Crippen molar-refractivity contribution in [3.63, 3.8) is 0 Å². The summed E-state index contributed by atoms with van der Waals surface area (Å²) in [7, 11) is 0. The van der Waals surface area contributed by atoms with Gasteiger partial charge in [-0.2, -0.15) is 4.98 Å². The summed E-state index contributed by atoms with van der Waals surface area (Å²) in [5.41, 5.74) is 6.09. The molecule has 2 heterocycles. The van der Waals surface area contributed by atoms with Gasteiger partial charge < -0.3 is 10.3 Å². The molecular weight excluding hydrogens is 242 g/mol. The van der Waals surface area contributed by atoms with Gasteiger partial charge in [0.15, 0.2) is 11.5 Å². The molecule has 0 amide bonds. The van der Waals surface area contributed by atoms with Crippen LogP contribution in [0.5, 0.6) is 0 Å². The van der Waals surface area contributed by atoms with Crippen LogP contribution in [0.2, 0.25) is 5.02 Å². The SMILES string of the molecule is NC1(c2noc(-c3ncncc3Cl)n2)CCC1. The van der Waals surface area contributed by atoms with E-state index in [4.69, 9.17) is 21.9 Å². The first kappa shape index (κ1) is 10.6. The Balaban J connectivity index is 1.98. The van der Waals surface area contributed by atoms with Gasteiger partial charge in [0.25, 0.3) is 5.89 Å². The molecule has 0 aliphatic heterocycles. The highest BCUT2D eigenvalue weighted by Gasteiger charge is 2.39. The van der Waals surface area contributed by atoms with Gasteiger partial charge in [-0.1, -0.05) is 16.8 Å². The molecule has 6 nitrogen and oxygen atoms in total. The minimum atomic E-state index is -0.443. The van der Waals surface area contributed by atoms with Crippen LogP contribution in [-0.2, 0) is 5.54 Å². The van der Waals surface area contributed by atoms with Crippen molar-refractivity contribution in [2.24, 2.45) is 5.73 Å². The lowest BCUT2D eigenvalue weighted by atomic mass is 9.77. The predicted molar refractivity (Wildman–Crippen MR) is 60.1 cm³/mol. The van der Waals surface area contributed by atoms with Gasteiger partial charge in [-0.25, -0.2) is 9.97 Å².